The standard InChI is InChI=1S/C12H22O3S/c1-6-12(5,14)7-8-15-11(3,4)10(13)9(2)16/h14H,6-8H2,1-5H3. The average Bonchev–Trinajstić information content (AvgIpc) is 2.15. The fraction of sp³-hybridized carbons (Fsp3) is 0.833. The van der Waals surface area contributed by atoms with Crippen molar-refractivity contribution in [3.8, 4) is 0 Å². The van der Waals surface area contributed by atoms with Gasteiger partial charge >= 0.3 is 0 Å². The van der Waals surface area contributed by atoms with E-state index in [0.717, 1.165) is 0 Å². The van der Waals surface area contributed by atoms with Crippen molar-refractivity contribution in [2.75, 3.05) is 6.61 Å². The van der Waals surface area contributed by atoms with Crippen molar-refractivity contribution in [2.24, 2.45) is 0 Å². The Morgan fingerprint density at radius 2 is 1.88 bits per heavy atom. The predicted molar refractivity (Wildman–Crippen MR) is 68.8 cm³/mol. The van der Waals surface area contributed by atoms with E-state index in [9.17, 15) is 9.90 Å². The summed E-state index contributed by atoms with van der Waals surface area (Å²) in [5, 5.41) is 9.78. The highest BCUT2D eigenvalue weighted by atomic mass is 32.1. The van der Waals surface area contributed by atoms with Crippen LogP contribution in [0.3, 0.4) is 0 Å². The first kappa shape index (κ1) is 15.7. The van der Waals surface area contributed by atoms with E-state index in [4.69, 9.17) is 17.0 Å². The number of hydrogen-bond acceptors (Lipinski definition) is 4. The van der Waals surface area contributed by atoms with Gasteiger partial charge in [0.05, 0.1) is 17.1 Å². The Kier molecular flexibility index (Phi) is 5.73. The molecule has 0 fully saturated rings. The Morgan fingerprint density at radius 3 is 2.25 bits per heavy atom. The van der Waals surface area contributed by atoms with Gasteiger partial charge in [-0.3, -0.25) is 4.79 Å². The van der Waals surface area contributed by atoms with Crippen LogP contribution in [0, 0.1) is 0 Å². The maximum Gasteiger partial charge on any atom is 0.200 e. The maximum absolute atomic E-state index is 11.7. The third kappa shape index (κ3) is 5.14. The van der Waals surface area contributed by atoms with Gasteiger partial charge in [0.25, 0.3) is 0 Å². The van der Waals surface area contributed by atoms with E-state index in [0.29, 0.717) is 24.3 Å². The number of rotatable bonds is 7. The number of carbonyl (C=O) groups is 1. The van der Waals surface area contributed by atoms with Gasteiger partial charge in [-0.25, -0.2) is 0 Å². The van der Waals surface area contributed by atoms with Crippen LogP contribution < -0.4 is 0 Å². The minimum atomic E-state index is -0.893. The zero-order valence-electron chi connectivity index (χ0n) is 10.8. The molecule has 0 spiro atoms. The van der Waals surface area contributed by atoms with E-state index in [1.165, 1.54) is 0 Å². The summed E-state index contributed by atoms with van der Waals surface area (Å²) in [5.41, 5.74) is -1.62. The molecule has 1 N–H and O–H groups in total. The predicted octanol–water partition coefficient (Wildman–Crippen LogP) is 2.29. The highest BCUT2D eigenvalue weighted by Crippen LogP contribution is 2.17. The van der Waals surface area contributed by atoms with Crippen molar-refractivity contribution < 1.29 is 14.6 Å². The molecule has 0 amide bonds. The summed E-state index contributed by atoms with van der Waals surface area (Å²) < 4.78 is 5.49. The second-order valence-electron chi connectivity index (χ2n) is 4.84. The van der Waals surface area contributed by atoms with Crippen LogP contribution in [0.4, 0.5) is 0 Å². The molecule has 0 aliphatic carbocycles. The third-order valence-electron chi connectivity index (χ3n) is 2.73. The summed E-state index contributed by atoms with van der Waals surface area (Å²) in [5.74, 6) is -0.168. The lowest BCUT2D eigenvalue weighted by Gasteiger charge is -2.27. The van der Waals surface area contributed by atoms with Gasteiger partial charge in [0.15, 0.2) is 5.78 Å². The number of ether oxygens (including phenoxy) is 1. The molecule has 0 saturated carbocycles. The summed E-state index contributed by atoms with van der Waals surface area (Å²) >= 11 is 4.83. The van der Waals surface area contributed by atoms with E-state index in [1.54, 1.807) is 27.7 Å². The minimum Gasteiger partial charge on any atom is -0.390 e. The largest absolute Gasteiger partial charge is 0.390 e. The van der Waals surface area contributed by atoms with Gasteiger partial charge in [-0.1, -0.05) is 19.1 Å². The first-order valence-electron chi connectivity index (χ1n) is 5.54. The van der Waals surface area contributed by atoms with Crippen LogP contribution in [0.1, 0.15) is 47.5 Å². The van der Waals surface area contributed by atoms with Gasteiger partial charge in [0.2, 0.25) is 0 Å². The Labute approximate surface area is 103 Å². The molecule has 0 aliphatic rings. The summed E-state index contributed by atoms with van der Waals surface area (Å²) in [6.07, 6.45) is 1.17. The summed E-state index contributed by atoms with van der Waals surface area (Å²) in [7, 11) is 0. The van der Waals surface area contributed by atoms with E-state index in [2.05, 4.69) is 0 Å². The fourth-order valence-electron chi connectivity index (χ4n) is 1.19. The number of Topliss-reactive ketones (excluding diaryl/α,β-unsaturated/α-hetero) is 1. The molecule has 0 radical (unpaired) electrons. The average molecular weight is 246 g/mol. The molecule has 1 atom stereocenters. The molecule has 16 heavy (non-hydrogen) atoms. The van der Waals surface area contributed by atoms with Crippen LogP contribution in [-0.2, 0) is 9.53 Å². The monoisotopic (exact) mass is 246 g/mol. The maximum atomic E-state index is 11.7. The molecular weight excluding hydrogens is 224 g/mol. The van der Waals surface area contributed by atoms with E-state index >= 15 is 0 Å². The minimum absolute atomic E-state index is 0.168. The first-order valence-corrected chi connectivity index (χ1v) is 5.95. The molecule has 0 aromatic carbocycles. The Hall–Kier alpha value is -0.320. The van der Waals surface area contributed by atoms with Crippen molar-refractivity contribution >= 4 is 22.9 Å². The summed E-state index contributed by atoms with van der Waals surface area (Å²) in [6, 6.07) is 0. The molecule has 0 aliphatic heterocycles. The van der Waals surface area contributed by atoms with Gasteiger partial charge in [-0.2, -0.15) is 0 Å². The van der Waals surface area contributed by atoms with E-state index < -0.39 is 11.2 Å². The molecular formula is C12H22O3S. The zero-order chi connectivity index (χ0) is 13.0. The number of carbonyl (C=O) groups excluding carboxylic acids is 1. The molecule has 1 unspecified atom stereocenters. The van der Waals surface area contributed by atoms with Crippen LogP contribution in [0.2, 0.25) is 0 Å². The van der Waals surface area contributed by atoms with Crippen LogP contribution in [0.15, 0.2) is 0 Å². The molecule has 0 aromatic rings. The van der Waals surface area contributed by atoms with Crippen molar-refractivity contribution in [1.82, 2.24) is 0 Å². The molecule has 94 valence electrons. The molecule has 0 bridgehead atoms. The van der Waals surface area contributed by atoms with Gasteiger partial charge in [0, 0.05) is 0 Å². The topological polar surface area (TPSA) is 46.5 Å². The molecule has 0 saturated heterocycles. The zero-order valence-corrected chi connectivity index (χ0v) is 11.6. The second-order valence-corrected chi connectivity index (χ2v) is 5.46. The number of aliphatic hydroxyl groups is 1. The second kappa shape index (κ2) is 5.84. The van der Waals surface area contributed by atoms with Crippen molar-refractivity contribution in [1.29, 1.82) is 0 Å². The first-order chi connectivity index (χ1) is 7.12. The highest BCUT2D eigenvalue weighted by Gasteiger charge is 2.30. The Bertz CT molecular complexity index is 269. The van der Waals surface area contributed by atoms with Gasteiger partial charge in [-0.15, -0.1) is 0 Å². The van der Waals surface area contributed by atoms with Crippen molar-refractivity contribution in [3.05, 3.63) is 0 Å². The van der Waals surface area contributed by atoms with Gasteiger partial charge < -0.3 is 9.84 Å². The number of hydrogen-bond donors (Lipinski definition) is 1. The molecule has 4 heteroatoms. The molecule has 0 heterocycles. The Balaban J connectivity index is 4.20. The molecule has 0 aromatic heterocycles. The highest BCUT2D eigenvalue weighted by molar-refractivity contribution is 7.82. The smallest absolute Gasteiger partial charge is 0.200 e. The normalized spacial score (nSPS) is 15.6. The molecule has 0 rings (SSSR count). The fourth-order valence-corrected chi connectivity index (χ4v) is 1.44. The lowest BCUT2D eigenvalue weighted by molar-refractivity contribution is -0.135. The Morgan fingerprint density at radius 1 is 1.38 bits per heavy atom. The van der Waals surface area contributed by atoms with E-state index in [1.807, 2.05) is 6.92 Å². The van der Waals surface area contributed by atoms with Gasteiger partial charge in [0.1, 0.15) is 5.60 Å². The van der Waals surface area contributed by atoms with Crippen LogP contribution in [0.5, 0.6) is 0 Å². The van der Waals surface area contributed by atoms with E-state index in [-0.39, 0.29) is 5.78 Å². The van der Waals surface area contributed by atoms with Gasteiger partial charge in [-0.05, 0) is 40.5 Å². The summed E-state index contributed by atoms with van der Waals surface area (Å²) in [6.45, 7) is 9.03. The lowest BCUT2D eigenvalue weighted by atomic mass is 9.98. The van der Waals surface area contributed by atoms with Crippen LogP contribution in [0.25, 0.3) is 0 Å². The quantitative estimate of drug-likeness (QED) is 0.700. The molecule has 3 nitrogen and oxygen atoms in total. The van der Waals surface area contributed by atoms with Crippen molar-refractivity contribution in [3.63, 3.8) is 0 Å². The lowest BCUT2D eigenvalue weighted by Crippen LogP contribution is -2.40. The van der Waals surface area contributed by atoms with Crippen LogP contribution >= 0.6 is 12.2 Å². The van der Waals surface area contributed by atoms with Crippen molar-refractivity contribution in [2.45, 2.75) is 58.7 Å². The number of ketones is 1. The van der Waals surface area contributed by atoms with Crippen LogP contribution in [-0.4, -0.2) is 33.6 Å². The SMILES string of the molecule is CCC(C)(O)CCOC(C)(C)C(=O)C(C)=S. The third-order valence-corrected chi connectivity index (χ3v) is 2.92. The summed E-state index contributed by atoms with van der Waals surface area (Å²) in [4.78, 5) is 12.0. The number of thiocarbonyl (C=S) groups is 1.